The number of hydrogen-bond acceptors (Lipinski definition) is 5. The van der Waals surface area contributed by atoms with E-state index in [1.807, 2.05) is 19.1 Å². The summed E-state index contributed by atoms with van der Waals surface area (Å²) in [5.74, 6) is 7.35. The van der Waals surface area contributed by atoms with Gasteiger partial charge in [0.05, 0.1) is 0 Å². The Balaban J connectivity index is 2.20. The number of benzene rings is 1. The fraction of sp³-hybridized carbons (Fsp3) is 0.333. The molecule has 20 heavy (non-hydrogen) atoms. The fourth-order valence-electron chi connectivity index (χ4n) is 1.91. The van der Waals surface area contributed by atoms with Crippen molar-refractivity contribution in [2.75, 3.05) is 10.7 Å². The van der Waals surface area contributed by atoms with Gasteiger partial charge in [-0.1, -0.05) is 32.9 Å². The molecule has 0 aliphatic carbocycles. The van der Waals surface area contributed by atoms with Crippen molar-refractivity contribution in [2.24, 2.45) is 5.84 Å². The first-order valence-corrected chi connectivity index (χ1v) is 6.58. The number of hydrogen-bond donors (Lipinski definition) is 3. The van der Waals surface area contributed by atoms with Crippen LogP contribution >= 0.6 is 0 Å². The van der Waals surface area contributed by atoms with Crippen LogP contribution in [0.15, 0.2) is 30.3 Å². The number of anilines is 3. The van der Waals surface area contributed by atoms with E-state index in [4.69, 9.17) is 5.84 Å². The van der Waals surface area contributed by atoms with Gasteiger partial charge >= 0.3 is 0 Å². The molecule has 0 aliphatic heterocycles. The fourth-order valence-corrected chi connectivity index (χ4v) is 1.91. The molecule has 0 saturated carbocycles. The lowest BCUT2D eigenvalue weighted by Gasteiger charge is -2.19. The molecule has 106 valence electrons. The minimum atomic E-state index is 0.153. The number of nitrogens with two attached hydrogens (primary N) is 1. The van der Waals surface area contributed by atoms with Crippen molar-refractivity contribution >= 4 is 17.3 Å². The third kappa shape index (κ3) is 3.45. The van der Waals surface area contributed by atoms with Crippen molar-refractivity contribution in [1.82, 2.24) is 9.97 Å². The van der Waals surface area contributed by atoms with Crippen LogP contribution in [0.25, 0.3) is 0 Å². The SMILES string of the molecule is Cc1nc(NN)cc(Nc2ccc(C(C)(C)C)cc2)n1. The minimum Gasteiger partial charge on any atom is -0.340 e. The summed E-state index contributed by atoms with van der Waals surface area (Å²) in [6.45, 7) is 8.42. The van der Waals surface area contributed by atoms with Crippen LogP contribution in [0.1, 0.15) is 32.2 Å². The predicted molar refractivity (Wildman–Crippen MR) is 83.0 cm³/mol. The van der Waals surface area contributed by atoms with E-state index in [-0.39, 0.29) is 5.41 Å². The molecule has 0 amide bonds. The van der Waals surface area contributed by atoms with Crippen LogP contribution in [-0.4, -0.2) is 9.97 Å². The van der Waals surface area contributed by atoms with Crippen LogP contribution < -0.4 is 16.6 Å². The Labute approximate surface area is 119 Å². The van der Waals surface area contributed by atoms with Crippen molar-refractivity contribution < 1.29 is 0 Å². The first kappa shape index (κ1) is 14.3. The van der Waals surface area contributed by atoms with E-state index in [2.05, 4.69) is 53.6 Å². The quantitative estimate of drug-likeness (QED) is 0.590. The topological polar surface area (TPSA) is 75.9 Å². The van der Waals surface area contributed by atoms with E-state index < -0.39 is 0 Å². The maximum absolute atomic E-state index is 5.38. The summed E-state index contributed by atoms with van der Waals surface area (Å²) >= 11 is 0. The van der Waals surface area contributed by atoms with Gasteiger partial charge < -0.3 is 10.7 Å². The molecule has 0 bridgehead atoms. The van der Waals surface area contributed by atoms with E-state index in [0.717, 1.165) is 5.69 Å². The zero-order valence-electron chi connectivity index (χ0n) is 12.4. The Kier molecular flexibility index (Phi) is 3.90. The highest BCUT2D eigenvalue weighted by atomic mass is 15.3. The van der Waals surface area contributed by atoms with Crippen LogP contribution in [-0.2, 0) is 5.41 Å². The van der Waals surface area contributed by atoms with Crippen molar-refractivity contribution in [3.05, 3.63) is 41.7 Å². The maximum Gasteiger partial charge on any atom is 0.145 e. The van der Waals surface area contributed by atoms with E-state index in [1.54, 1.807) is 6.07 Å². The molecule has 1 aromatic carbocycles. The highest BCUT2D eigenvalue weighted by Gasteiger charge is 2.12. The van der Waals surface area contributed by atoms with Crippen LogP contribution in [0.3, 0.4) is 0 Å². The molecule has 2 rings (SSSR count). The summed E-state index contributed by atoms with van der Waals surface area (Å²) < 4.78 is 0. The van der Waals surface area contributed by atoms with Gasteiger partial charge in [-0.15, -0.1) is 0 Å². The van der Waals surface area contributed by atoms with Gasteiger partial charge in [-0.3, -0.25) is 0 Å². The summed E-state index contributed by atoms with van der Waals surface area (Å²) in [6.07, 6.45) is 0. The van der Waals surface area contributed by atoms with Crippen molar-refractivity contribution in [3.8, 4) is 0 Å². The van der Waals surface area contributed by atoms with Crippen LogP contribution in [0.2, 0.25) is 0 Å². The normalized spacial score (nSPS) is 11.2. The van der Waals surface area contributed by atoms with Crippen LogP contribution in [0, 0.1) is 6.92 Å². The zero-order valence-corrected chi connectivity index (χ0v) is 12.4. The molecule has 0 radical (unpaired) electrons. The predicted octanol–water partition coefficient (Wildman–Crippen LogP) is 3.11. The third-order valence-electron chi connectivity index (χ3n) is 3.01. The van der Waals surface area contributed by atoms with E-state index in [9.17, 15) is 0 Å². The van der Waals surface area contributed by atoms with Gasteiger partial charge in [0.2, 0.25) is 0 Å². The molecule has 0 spiro atoms. The number of nitrogens with one attached hydrogen (secondary N) is 2. The first-order chi connectivity index (χ1) is 9.38. The Morgan fingerprint density at radius 1 is 1.00 bits per heavy atom. The van der Waals surface area contributed by atoms with E-state index in [0.29, 0.717) is 17.5 Å². The maximum atomic E-state index is 5.38. The molecule has 5 nitrogen and oxygen atoms in total. The molecule has 0 aliphatic rings. The molecule has 4 N–H and O–H groups in total. The molecule has 0 fully saturated rings. The summed E-state index contributed by atoms with van der Waals surface area (Å²) in [5, 5.41) is 3.25. The number of nitrogen functional groups attached to an aromatic ring is 1. The second-order valence-electron chi connectivity index (χ2n) is 5.78. The highest BCUT2D eigenvalue weighted by Crippen LogP contribution is 2.24. The average molecular weight is 271 g/mol. The molecule has 0 atom stereocenters. The summed E-state index contributed by atoms with van der Waals surface area (Å²) in [5.41, 5.74) is 4.97. The number of aryl methyl sites for hydroxylation is 1. The van der Waals surface area contributed by atoms with Gasteiger partial charge in [-0.2, -0.15) is 0 Å². The van der Waals surface area contributed by atoms with E-state index in [1.165, 1.54) is 5.56 Å². The van der Waals surface area contributed by atoms with Gasteiger partial charge in [0.15, 0.2) is 0 Å². The van der Waals surface area contributed by atoms with Gasteiger partial charge in [0, 0.05) is 11.8 Å². The molecule has 1 heterocycles. The second kappa shape index (κ2) is 5.46. The largest absolute Gasteiger partial charge is 0.340 e. The Morgan fingerprint density at radius 2 is 1.60 bits per heavy atom. The lowest BCUT2D eigenvalue weighted by atomic mass is 9.87. The number of hydrazine groups is 1. The molecule has 1 aromatic heterocycles. The Bertz CT molecular complexity index is 584. The summed E-state index contributed by atoms with van der Waals surface area (Å²) in [7, 11) is 0. The number of nitrogens with zero attached hydrogens (tertiary/aromatic N) is 2. The van der Waals surface area contributed by atoms with Crippen molar-refractivity contribution in [2.45, 2.75) is 33.1 Å². The number of aromatic nitrogens is 2. The monoisotopic (exact) mass is 271 g/mol. The Morgan fingerprint density at radius 3 is 2.15 bits per heavy atom. The highest BCUT2D eigenvalue weighted by molar-refractivity contribution is 5.59. The van der Waals surface area contributed by atoms with Crippen molar-refractivity contribution in [3.63, 3.8) is 0 Å². The van der Waals surface area contributed by atoms with E-state index >= 15 is 0 Å². The average Bonchev–Trinajstić information content (AvgIpc) is 2.37. The third-order valence-corrected chi connectivity index (χ3v) is 3.01. The molecular weight excluding hydrogens is 250 g/mol. The number of rotatable bonds is 3. The van der Waals surface area contributed by atoms with Gasteiger partial charge in [0.25, 0.3) is 0 Å². The lowest BCUT2D eigenvalue weighted by molar-refractivity contribution is 0.590. The molecule has 0 unspecified atom stereocenters. The van der Waals surface area contributed by atoms with Gasteiger partial charge in [-0.25, -0.2) is 15.8 Å². The second-order valence-corrected chi connectivity index (χ2v) is 5.78. The molecular formula is C15H21N5. The van der Waals surface area contributed by atoms with Crippen molar-refractivity contribution in [1.29, 1.82) is 0 Å². The smallest absolute Gasteiger partial charge is 0.145 e. The first-order valence-electron chi connectivity index (χ1n) is 6.58. The Hall–Kier alpha value is -2.14. The standard InChI is InChI=1S/C15H21N5/c1-10-17-13(9-14(18-10)20-16)19-12-7-5-11(6-8-12)15(2,3)4/h5-9H,16H2,1-4H3,(H2,17,18,19,20). The summed E-state index contributed by atoms with van der Waals surface area (Å²) in [6, 6.07) is 10.1. The van der Waals surface area contributed by atoms with Gasteiger partial charge in [-0.05, 0) is 30.0 Å². The minimum absolute atomic E-state index is 0.153. The molecule has 5 heteroatoms. The molecule has 0 saturated heterocycles. The summed E-state index contributed by atoms with van der Waals surface area (Å²) in [4.78, 5) is 8.48. The molecule has 2 aromatic rings. The van der Waals surface area contributed by atoms with Crippen LogP contribution in [0.5, 0.6) is 0 Å². The lowest BCUT2D eigenvalue weighted by Crippen LogP contribution is -2.11. The van der Waals surface area contributed by atoms with Crippen LogP contribution in [0.4, 0.5) is 17.3 Å². The van der Waals surface area contributed by atoms with Gasteiger partial charge in [0.1, 0.15) is 17.5 Å². The zero-order chi connectivity index (χ0) is 14.8.